The first-order valence-electron chi connectivity index (χ1n) is 9.75. The Balaban J connectivity index is 1.87. The van der Waals surface area contributed by atoms with Gasteiger partial charge >= 0.3 is 11.3 Å². The second kappa shape index (κ2) is 11.7. The molecule has 0 heterocycles. The predicted molar refractivity (Wildman–Crippen MR) is 114 cm³/mol. The zero-order valence-electron chi connectivity index (χ0n) is 16.6. The van der Waals surface area contributed by atoms with Crippen LogP contribution in [0.5, 0.6) is 11.5 Å². The predicted octanol–water partition coefficient (Wildman–Crippen LogP) is 6.11. The number of benzene rings is 2. The molecule has 1 unspecified atom stereocenters. The van der Waals surface area contributed by atoms with Crippen molar-refractivity contribution in [2.24, 2.45) is 0 Å². The van der Waals surface area contributed by atoms with Crippen molar-refractivity contribution >= 4 is 17.0 Å². The molecule has 0 saturated carbocycles. The fourth-order valence-corrected chi connectivity index (χ4v) is 3.43. The minimum Gasteiger partial charge on any atom is -0.490 e. The van der Waals surface area contributed by atoms with Gasteiger partial charge in [-0.05, 0) is 55.7 Å². The van der Waals surface area contributed by atoms with E-state index in [-0.39, 0.29) is 0 Å². The summed E-state index contributed by atoms with van der Waals surface area (Å²) in [4.78, 5) is 0. The maximum atomic E-state index is 12.4. The fraction of sp³-hybridized carbons (Fsp3) is 0.455. The second-order valence-corrected chi connectivity index (χ2v) is 7.70. The highest BCUT2D eigenvalue weighted by molar-refractivity contribution is 7.82. The van der Waals surface area contributed by atoms with Crippen LogP contribution in [0.1, 0.15) is 56.6 Å². The van der Waals surface area contributed by atoms with Gasteiger partial charge in [0.2, 0.25) is 0 Å². The Morgan fingerprint density at radius 2 is 1.63 bits per heavy atom. The molecule has 5 heteroatoms. The number of aryl methyl sites for hydroxylation is 2. The van der Waals surface area contributed by atoms with Crippen molar-refractivity contribution in [3.8, 4) is 11.5 Å². The van der Waals surface area contributed by atoms with Crippen molar-refractivity contribution in [3.05, 3.63) is 53.6 Å². The van der Waals surface area contributed by atoms with Crippen LogP contribution in [0, 0.1) is 13.8 Å². The largest absolute Gasteiger partial charge is 0.490 e. The van der Waals surface area contributed by atoms with Crippen molar-refractivity contribution in [3.63, 3.8) is 0 Å². The van der Waals surface area contributed by atoms with E-state index in [0.29, 0.717) is 18.1 Å². The van der Waals surface area contributed by atoms with Crippen LogP contribution in [0.25, 0.3) is 0 Å². The van der Waals surface area contributed by atoms with E-state index in [1.807, 2.05) is 56.3 Å². The van der Waals surface area contributed by atoms with Gasteiger partial charge in [0.15, 0.2) is 11.5 Å². The van der Waals surface area contributed by atoms with Gasteiger partial charge in [-0.1, -0.05) is 57.2 Å². The number of hydrogen-bond acceptors (Lipinski definition) is 3. The van der Waals surface area contributed by atoms with Crippen molar-refractivity contribution in [1.82, 2.24) is 0 Å². The summed E-state index contributed by atoms with van der Waals surface area (Å²) in [6.45, 7) is 6.83. The maximum absolute atomic E-state index is 12.4. The topological polar surface area (TPSA) is 47.6 Å². The maximum Gasteiger partial charge on any atom is 0.316 e. The number of rotatable bonds is 12. The minimum absolute atomic E-state index is 0.500. The van der Waals surface area contributed by atoms with E-state index < -0.39 is 11.3 Å². The molecule has 2 aromatic carbocycles. The number of ether oxygens (including phenoxy) is 1. The average molecular weight is 390 g/mol. The third-order valence-electron chi connectivity index (χ3n) is 4.24. The fourth-order valence-electron chi connectivity index (χ4n) is 2.77. The van der Waals surface area contributed by atoms with Gasteiger partial charge in [0, 0.05) is 5.69 Å². The van der Waals surface area contributed by atoms with E-state index in [1.165, 1.54) is 32.1 Å². The molecule has 0 radical (unpaired) electrons. The molecule has 4 nitrogen and oxygen atoms in total. The molecule has 0 aliphatic heterocycles. The zero-order valence-corrected chi connectivity index (χ0v) is 17.4. The molecule has 0 aliphatic carbocycles. The van der Waals surface area contributed by atoms with E-state index in [0.717, 1.165) is 23.2 Å². The van der Waals surface area contributed by atoms with Crippen molar-refractivity contribution in [2.75, 3.05) is 11.3 Å². The summed E-state index contributed by atoms with van der Waals surface area (Å²) in [7, 11) is 0. The van der Waals surface area contributed by atoms with Gasteiger partial charge in [0.25, 0.3) is 0 Å². The number of anilines is 1. The van der Waals surface area contributed by atoms with Gasteiger partial charge in [-0.15, -0.1) is 0 Å². The molecule has 2 rings (SSSR count). The zero-order chi connectivity index (χ0) is 19.5. The molecular formula is C22H31NO3S. The van der Waals surface area contributed by atoms with Gasteiger partial charge in [-0.2, -0.15) is 4.21 Å². The molecule has 148 valence electrons. The average Bonchev–Trinajstić information content (AvgIpc) is 2.62. The van der Waals surface area contributed by atoms with E-state index in [9.17, 15) is 4.21 Å². The highest BCUT2D eigenvalue weighted by Gasteiger charge is 2.10. The van der Waals surface area contributed by atoms with Crippen LogP contribution in [-0.4, -0.2) is 10.8 Å². The van der Waals surface area contributed by atoms with E-state index in [1.54, 1.807) is 0 Å². The summed E-state index contributed by atoms with van der Waals surface area (Å²) in [6.07, 6.45) is 7.29. The molecule has 0 aliphatic rings. The Bertz CT molecular complexity index is 733. The highest BCUT2D eigenvalue weighted by Crippen LogP contribution is 2.29. The lowest BCUT2D eigenvalue weighted by molar-refractivity contribution is 0.296. The lowest BCUT2D eigenvalue weighted by atomic mass is 10.1. The monoisotopic (exact) mass is 389 g/mol. The lowest BCUT2D eigenvalue weighted by Crippen LogP contribution is -2.12. The van der Waals surface area contributed by atoms with Gasteiger partial charge in [0.05, 0.1) is 6.61 Å². The normalized spacial score (nSPS) is 11.8. The first-order valence-corrected chi connectivity index (χ1v) is 10.8. The Labute approximate surface area is 166 Å². The molecule has 0 fully saturated rings. The molecule has 1 atom stereocenters. The van der Waals surface area contributed by atoms with Gasteiger partial charge in [0.1, 0.15) is 0 Å². The quantitative estimate of drug-likeness (QED) is 0.445. The van der Waals surface area contributed by atoms with Crippen LogP contribution >= 0.6 is 0 Å². The molecular weight excluding hydrogens is 358 g/mol. The van der Waals surface area contributed by atoms with Crippen molar-refractivity contribution in [1.29, 1.82) is 0 Å². The number of nitrogens with one attached hydrogen (secondary N) is 1. The Morgan fingerprint density at radius 1 is 0.889 bits per heavy atom. The summed E-state index contributed by atoms with van der Waals surface area (Å²) >= 11 is -1.69. The summed E-state index contributed by atoms with van der Waals surface area (Å²) in [5.74, 6) is 1.13. The third kappa shape index (κ3) is 8.04. The second-order valence-electron chi connectivity index (χ2n) is 6.86. The van der Waals surface area contributed by atoms with Crippen molar-refractivity contribution < 1.29 is 13.1 Å². The molecule has 0 saturated heterocycles. The van der Waals surface area contributed by atoms with Crippen LogP contribution < -0.4 is 13.6 Å². The standard InChI is InChI=1S/C22H31NO3S/c1-4-5-6-7-8-9-15-25-21-14-13-19(3)17-22(21)26-27(24)23-20-12-10-11-18(2)16-20/h10-14,16-17,23H,4-9,15H2,1-3H3. The Morgan fingerprint density at radius 3 is 2.41 bits per heavy atom. The molecule has 0 amide bonds. The number of unbranched alkanes of at least 4 members (excludes halogenated alkanes) is 5. The molecule has 0 aromatic heterocycles. The lowest BCUT2D eigenvalue weighted by Gasteiger charge is -2.13. The Kier molecular flexibility index (Phi) is 9.19. The van der Waals surface area contributed by atoms with Crippen LogP contribution in [0.2, 0.25) is 0 Å². The summed E-state index contributed by atoms with van der Waals surface area (Å²) in [5.41, 5.74) is 2.88. The first kappa shape index (κ1) is 21.3. The van der Waals surface area contributed by atoms with Crippen molar-refractivity contribution in [2.45, 2.75) is 59.3 Å². The van der Waals surface area contributed by atoms with Crippen LogP contribution in [0.4, 0.5) is 5.69 Å². The molecule has 0 bridgehead atoms. The summed E-state index contributed by atoms with van der Waals surface area (Å²) < 4.78 is 26.7. The van der Waals surface area contributed by atoms with Crippen LogP contribution in [0.3, 0.4) is 0 Å². The van der Waals surface area contributed by atoms with Gasteiger partial charge in [-0.25, -0.2) is 0 Å². The molecule has 1 N–H and O–H groups in total. The molecule has 2 aromatic rings. The van der Waals surface area contributed by atoms with Crippen LogP contribution in [-0.2, 0) is 11.3 Å². The highest BCUT2D eigenvalue weighted by atomic mass is 32.2. The van der Waals surface area contributed by atoms with Crippen LogP contribution in [0.15, 0.2) is 42.5 Å². The number of hydrogen-bond donors (Lipinski definition) is 1. The van der Waals surface area contributed by atoms with Gasteiger partial charge in [-0.3, -0.25) is 4.72 Å². The summed E-state index contributed by atoms with van der Waals surface area (Å²) in [5, 5.41) is 0. The van der Waals surface area contributed by atoms with E-state index in [4.69, 9.17) is 8.92 Å². The molecule has 27 heavy (non-hydrogen) atoms. The van der Waals surface area contributed by atoms with E-state index >= 15 is 0 Å². The SMILES string of the molecule is CCCCCCCCOc1ccc(C)cc1OS(=O)Nc1cccc(C)c1. The third-order valence-corrected chi connectivity index (χ3v) is 4.97. The minimum atomic E-state index is -1.69. The van der Waals surface area contributed by atoms with E-state index in [2.05, 4.69) is 11.6 Å². The molecule has 0 spiro atoms. The smallest absolute Gasteiger partial charge is 0.316 e. The summed E-state index contributed by atoms with van der Waals surface area (Å²) in [6, 6.07) is 13.4. The van der Waals surface area contributed by atoms with Gasteiger partial charge < -0.3 is 8.92 Å². The Hall–Kier alpha value is -2.01. The first-order chi connectivity index (χ1) is 13.1.